The van der Waals surface area contributed by atoms with E-state index in [9.17, 15) is 4.39 Å². The number of hydrogen-bond acceptors (Lipinski definition) is 2. The molecule has 0 heterocycles. The van der Waals surface area contributed by atoms with E-state index in [0.717, 1.165) is 18.5 Å². The van der Waals surface area contributed by atoms with E-state index in [4.69, 9.17) is 18.0 Å². The molecule has 1 fully saturated rings. The maximum absolute atomic E-state index is 13.8. The van der Waals surface area contributed by atoms with E-state index in [1.54, 1.807) is 6.07 Å². The zero-order valence-corrected chi connectivity index (χ0v) is 11.4. The van der Waals surface area contributed by atoms with E-state index in [0.29, 0.717) is 5.56 Å². The Hall–Kier alpha value is -1.16. The van der Waals surface area contributed by atoms with Crippen LogP contribution in [0.4, 0.5) is 10.1 Å². The van der Waals surface area contributed by atoms with Gasteiger partial charge in [-0.25, -0.2) is 4.39 Å². The van der Waals surface area contributed by atoms with Crippen LogP contribution in [0.2, 0.25) is 0 Å². The Bertz CT molecular complexity index is 453. The molecule has 0 aliphatic heterocycles. The van der Waals surface area contributed by atoms with Crippen LogP contribution in [0, 0.1) is 5.82 Å². The lowest BCUT2D eigenvalue weighted by Crippen LogP contribution is -2.36. The highest BCUT2D eigenvalue weighted by Gasteiger charge is 2.26. The Morgan fingerprint density at radius 3 is 2.56 bits per heavy atom. The van der Waals surface area contributed by atoms with E-state index in [1.807, 2.05) is 6.07 Å². The van der Waals surface area contributed by atoms with Gasteiger partial charge in [0, 0.05) is 16.8 Å². The molecule has 2 nitrogen and oxygen atoms in total. The van der Waals surface area contributed by atoms with Crippen molar-refractivity contribution in [2.75, 3.05) is 5.32 Å². The minimum Gasteiger partial charge on any atom is -0.389 e. The first kappa shape index (κ1) is 13.3. The quantitative estimate of drug-likeness (QED) is 0.821. The van der Waals surface area contributed by atoms with Crippen LogP contribution in [0.5, 0.6) is 0 Å². The number of rotatable bonds is 3. The topological polar surface area (TPSA) is 38.0 Å². The van der Waals surface area contributed by atoms with E-state index in [1.165, 1.54) is 25.3 Å². The van der Waals surface area contributed by atoms with Gasteiger partial charge in [-0.05, 0) is 38.0 Å². The first-order valence-electron chi connectivity index (χ1n) is 6.38. The third-order valence-corrected chi connectivity index (χ3v) is 3.86. The summed E-state index contributed by atoms with van der Waals surface area (Å²) in [5.41, 5.74) is 6.64. The molecule has 18 heavy (non-hydrogen) atoms. The zero-order chi connectivity index (χ0) is 13.2. The van der Waals surface area contributed by atoms with Gasteiger partial charge in [0.25, 0.3) is 0 Å². The molecule has 0 radical (unpaired) electrons. The molecule has 4 heteroatoms. The van der Waals surface area contributed by atoms with Crippen LogP contribution in [0.1, 0.15) is 44.6 Å². The average Bonchev–Trinajstić information content (AvgIpc) is 2.28. The predicted molar refractivity (Wildman–Crippen MR) is 77.4 cm³/mol. The molecule has 1 aliphatic rings. The number of halogens is 1. The SMILES string of the molecule is CC1(Nc2ccc(C(N)=S)c(F)c2)CCCCC1. The van der Waals surface area contributed by atoms with Crippen molar-refractivity contribution in [2.45, 2.75) is 44.6 Å². The maximum Gasteiger partial charge on any atom is 0.135 e. The summed E-state index contributed by atoms with van der Waals surface area (Å²) in [6, 6.07) is 4.97. The van der Waals surface area contributed by atoms with Crippen molar-refractivity contribution in [3.8, 4) is 0 Å². The highest BCUT2D eigenvalue weighted by Crippen LogP contribution is 2.31. The van der Waals surface area contributed by atoms with Gasteiger partial charge in [0.05, 0.1) is 0 Å². The van der Waals surface area contributed by atoms with Gasteiger partial charge in [0.2, 0.25) is 0 Å². The van der Waals surface area contributed by atoms with Crippen LogP contribution in [-0.2, 0) is 0 Å². The lowest BCUT2D eigenvalue weighted by atomic mass is 9.83. The van der Waals surface area contributed by atoms with Crippen molar-refractivity contribution in [1.29, 1.82) is 0 Å². The summed E-state index contributed by atoms with van der Waals surface area (Å²) in [5.74, 6) is -0.355. The van der Waals surface area contributed by atoms with E-state index < -0.39 is 0 Å². The maximum atomic E-state index is 13.8. The third kappa shape index (κ3) is 2.99. The second kappa shape index (κ2) is 5.22. The minimum atomic E-state index is -0.355. The average molecular weight is 266 g/mol. The first-order valence-corrected chi connectivity index (χ1v) is 6.79. The van der Waals surface area contributed by atoms with Crippen LogP contribution < -0.4 is 11.1 Å². The normalized spacial score (nSPS) is 18.3. The monoisotopic (exact) mass is 266 g/mol. The smallest absolute Gasteiger partial charge is 0.135 e. The van der Waals surface area contributed by atoms with E-state index in [2.05, 4.69) is 12.2 Å². The van der Waals surface area contributed by atoms with Crippen LogP contribution in [0.25, 0.3) is 0 Å². The summed E-state index contributed by atoms with van der Waals surface area (Å²) in [4.78, 5) is 0.0999. The summed E-state index contributed by atoms with van der Waals surface area (Å²) in [5, 5.41) is 3.44. The molecule has 0 unspecified atom stereocenters. The summed E-state index contributed by atoms with van der Waals surface area (Å²) < 4.78 is 13.8. The Labute approximate surface area is 113 Å². The molecular formula is C14H19FN2S. The molecule has 0 aromatic heterocycles. The van der Waals surface area contributed by atoms with Gasteiger partial charge < -0.3 is 11.1 Å². The van der Waals surface area contributed by atoms with Gasteiger partial charge in [0.15, 0.2) is 0 Å². The van der Waals surface area contributed by atoms with Crippen molar-refractivity contribution in [3.63, 3.8) is 0 Å². The summed E-state index contributed by atoms with van der Waals surface area (Å²) in [6.45, 7) is 2.20. The standard InChI is InChI=1S/C14H19FN2S/c1-14(7-3-2-4-8-14)17-10-5-6-11(13(16)18)12(15)9-10/h5-6,9,17H,2-4,7-8H2,1H3,(H2,16,18). The number of thiocarbonyl (C=S) groups is 1. The van der Waals surface area contributed by atoms with E-state index >= 15 is 0 Å². The number of anilines is 1. The molecule has 0 spiro atoms. The van der Waals surface area contributed by atoms with Crippen LogP contribution in [0.15, 0.2) is 18.2 Å². The fourth-order valence-corrected chi connectivity index (χ4v) is 2.76. The molecule has 3 N–H and O–H groups in total. The van der Waals surface area contributed by atoms with Crippen LogP contribution >= 0.6 is 12.2 Å². The first-order chi connectivity index (χ1) is 8.50. The van der Waals surface area contributed by atoms with E-state index in [-0.39, 0.29) is 16.3 Å². The zero-order valence-electron chi connectivity index (χ0n) is 10.6. The number of benzene rings is 1. The lowest BCUT2D eigenvalue weighted by Gasteiger charge is -2.35. The third-order valence-electron chi connectivity index (χ3n) is 3.64. The Morgan fingerprint density at radius 2 is 2.00 bits per heavy atom. The molecule has 1 aliphatic carbocycles. The highest BCUT2D eigenvalue weighted by atomic mass is 32.1. The molecule has 0 atom stereocenters. The lowest BCUT2D eigenvalue weighted by molar-refractivity contribution is 0.349. The number of nitrogens with two attached hydrogens (primary N) is 1. The minimum absolute atomic E-state index is 0.0788. The second-order valence-corrected chi connectivity index (χ2v) is 5.75. The summed E-state index contributed by atoms with van der Waals surface area (Å²) in [6.07, 6.45) is 6.03. The van der Waals surface area contributed by atoms with Gasteiger partial charge in [-0.1, -0.05) is 31.5 Å². The van der Waals surface area contributed by atoms with Crippen molar-refractivity contribution >= 4 is 22.9 Å². The Balaban J connectivity index is 2.14. The number of nitrogens with one attached hydrogen (secondary N) is 1. The molecule has 0 amide bonds. The fraction of sp³-hybridized carbons (Fsp3) is 0.500. The van der Waals surface area contributed by atoms with Crippen molar-refractivity contribution in [3.05, 3.63) is 29.6 Å². The van der Waals surface area contributed by atoms with Crippen molar-refractivity contribution in [1.82, 2.24) is 0 Å². The second-order valence-electron chi connectivity index (χ2n) is 5.31. The van der Waals surface area contributed by atoms with Gasteiger partial charge in [-0.15, -0.1) is 0 Å². The van der Waals surface area contributed by atoms with Gasteiger partial charge in [-0.2, -0.15) is 0 Å². The van der Waals surface area contributed by atoms with Crippen LogP contribution in [0.3, 0.4) is 0 Å². The highest BCUT2D eigenvalue weighted by molar-refractivity contribution is 7.80. The molecule has 0 saturated heterocycles. The van der Waals surface area contributed by atoms with Crippen LogP contribution in [-0.4, -0.2) is 10.5 Å². The van der Waals surface area contributed by atoms with Crippen molar-refractivity contribution < 1.29 is 4.39 Å². The molecule has 1 aromatic rings. The predicted octanol–water partition coefficient (Wildman–Crippen LogP) is 3.59. The Morgan fingerprint density at radius 1 is 1.33 bits per heavy atom. The summed E-state index contributed by atoms with van der Waals surface area (Å²) >= 11 is 4.79. The van der Waals surface area contributed by atoms with Gasteiger partial charge in [-0.3, -0.25) is 0 Å². The molecule has 1 saturated carbocycles. The molecule has 0 bridgehead atoms. The molecular weight excluding hydrogens is 247 g/mol. The Kier molecular flexibility index (Phi) is 3.85. The van der Waals surface area contributed by atoms with Crippen molar-refractivity contribution in [2.24, 2.45) is 5.73 Å². The van der Waals surface area contributed by atoms with Gasteiger partial charge >= 0.3 is 0 Å². The molecule has 2 rings (SSSR count). The van der Waals surface area contributed by atoms with Gasteiger partial charge in [0.1, 0.15) is 10.8 Å². The summed E-state index contributed by atoms with van der Waals surface area (Å²) in [7, 11) is 0. The largest absolute Gasteiger partial charge is 0.389 e. The number of hydrogen-bond donors (Lipinski definition) is 2. The molecule has 98 valence electrons. The molecule has 1 aromatic carbocycles. The fourth-order valence-electron chi connectivity index (χ4n) is 2.60.